The Balaban J connectivity index is 2.39. The first-order valence-corrected chi connectivity index (χ1v) is 6.95. The van der Waals surface area contributed by atoms with Crippen molar-refractivity contribution in [2.24, 2.45) is 0 Å². The molecule has 0 aliphatic rings. The molecular weight excluding hydrogens is 288 g/mol. The van der Waals surface area contributed by atoms with Crippen LogP contribution in [-0.2, 0) is 0 Å². The van der Waals surface area contributed by atoms with Gasteiger partial charge in [0.1, 0.15) is 5.75 Å². The lowest BCUT2D eigenvalue weighted by atomic mass is 10.1. The van der Waals surface area contributed by atoms with Crippen LogP contribution >= 0.6 is 11.6 Å². The molecule has 1 amide bonds. The summed E-state index contributed by atoms with van der Waals surface area (Å²) < 4.78 is 5.25. The van der Waals surface area contributed by atoms with Crippen molar-refractivity contribution in [1.29, 1.82) is 0 Å². The summed E-state index contributed by atoms with van der Waals surface area (Å²) in [6.45, 7) is 2.45. The van der Waals surface area contributed by atoms with Gasteiger partial charge < -0.3 is 15.4 Å². The molecule has 4 nitrogen and oxygen atoms in total. The van der Waals surface area contributed by atoms with E-state index in [1.807, 2.05) is 19.1 Å². The molecule has 0 atom stereocenters. The molecule has 0 heterocycles. The lowest BCUT2D eigenvalue weighted by Crippen LogP contribution is -2.30. The molecule has 0 aromatic heterocycles. The third-order valence-corrected chi connectivity index (χ3v) is 3.40. The number of anilines is 2. The van der Waals surface area contributed by atoms with E-state index in [-0.39, 0.29) is 5.91 Å². The summed E-state index contributed by atoms with van der Waals surface area (Å²) in [4.78, 5) is 14.4. The molecule has 0 fully saturated rings. The van der Waals surface area contributed by atoms with Gasteiger partial charge in [0.2, 0.25) is 0 Å². The van der Waals surface area contributed by atoms with E-state index in [1.165, 1.54) is 7.11 Å². The van der Waals surface area contributed by atoms with Gasteiger partial charge in [-0.2, -0.15) is 0 Å². The fraction of sp³-hybridized carbons (Fsp3) is 0.188. The Morgan fingerprint density at radius 1 is 1.24 bits per heavy atom. The summed E-state index contributed by atoms with van der Waals surface area (Å²) in [6.07, 6.45) is 0. The first-order chi connectivity index (χ1) is 10.1. The fourth-order valence-corrected chi connectivity index (χ4v) is 2.25. The van der Waals surface area contributed by atoms with Crippen molar-refractivity contribution in [2.45, 2.75) is 6.92 Å². The molecule has 0 saturated heterocycles. The normalized spacial score (nSPS) is 10.2. The van der Waals surface area contributed by atoms with Crippen LogP contribution in [0.15, 0.2) is 42.5 Å². The van der Waals surface area contributed by atoms with Crippen LogP contribution in [0.25, 0.3) is 0 Å². The smallest absolute Gasteiger partial charge is 0.262 e. The molecule has 2 rings (SSSR count). The van der Waals surface area contributed by atoms with E-state index in [0.717, 1.165) is 5.69 Å². The lowest BCUT2D eigenvalue weighted by Gasteiger charge is -2.22. The summed E-state index contributed by atoms with van der Waals surface area (Å²) in [5.41, 5.74) is 7.60. The zero-order chi connectivity index (χ0) is 15.4. The van der Waals surface area contributed by atoms with Crippen molar-refractivity contribution < 1.29 is 9.53 Å². The molecular formula is C16H17ClN2O2. The SMILES string of the molecule is CCN(C(=O)c1ccc(Cl)cc1OC)c1ccc(N)cc1. The van der Waals surface area contributed by atoms with E-state index in [9.17, 15) is 4.79 Å². The van der Waals surface area contributed by atoms with Crippen molar-refractivity contribution >= 4 is 28.9 Å². The first-order valence-electron chi connectivity index (χ1n) is 6.57. The van der Waals surface area contributed by atoms with Crippen LogP contribution in [0.2, 0.25) is 5.02 Å². The Morgan fingerprint density at radius 3 is 2.48 bits per heavy atom. The molecule has 2 aromatic carbocycles. The summed E-state index contributed by atoms with van der Waals surface area (Å²) in [5.74, 6) is 0.317. The second kappa shape index (κ2) is 6.50. The standard InChI is InChI=1S/C16H17ClN2O2/c1-3-19(13-7-5-12(18)6-8-13)16(20)14-9-4-11(17)10-15(14)21-2/h4-10H,3,18H2,1-2H3. The molecule has 0 aliphatic heterocycles. The van der Waals surface area contributed by atoms with Gasteiger partial charge >= 0.3 is 0 Å². The molecule has 110 valence electrons. The minimum Gasteiger partial charge on any atom is -0.496 e. The molecule has 21 heavy (non-hydrogen) atoms. The number of carbonyl (C=O) groups excluding carboxylic acids is 1. The van der Waals surface area contributed by atoms with E-state index < -0.39 is 0 Å². The van der Waals surface area contributed by atoms with Gasteiger partial charge in [0.15, 0.2) is 0 Å². The van der Waals surface area contributed by atoms with E-state index in [2.05, 4.69) is 0 Å². The van der Waals surface area contributed by atoms with E-state index >= 15 is 0 Å². The van der Waals surface area contributed by atoms with E-state index in [1.54, 1.807) is 35.2 Å². The van der Waals surface area contributed by atoms with Gasteiger partial charge in [0, 0.05) is 22.9 Å². The molecule has 5 heteroatoms. The number of ether oxygens (including phenoxy) is 1. The van der Waals surface area contributed by atoms with Crippen LogP contribution < -0.4 is 15.4 Å². The Bertz CT molecular complexity index is 641. The van der Waals surface area contributed by atoms with Gasteiger partial charge in [0.05, 0.1) is 12.7 Å². The predicted octanol–water partition coefficient (Wildman–Crippen LogP) is 3.60. The molecule has 0 bridgehead atoms. The molecule has 2 aromatic rings. The number of halogens is 1. The number of hydrogen-bond donors (Lipinski definition) is 1. The molecule has 2 N–H and O–H groups in total. The number of amides is 1. The van der Waals surface area contributed by atoms with Crippen LogP contribution in [0.3, 0.4) is 0 Å². The van der Waals surface area contributed by atoms with Crippen LogP contribution in [0, 0.1) is 0 Å². The molecule has 0 aliphatic carbocycles. The molecule has 0 radical (unpaired) electrons. The van der Waals surface area contributed by atoms with Crippen molar-refractivity contribution in [3.05, 3.63) is 53.1 Å². The maximum Gasteiger partial charge on any atom is 0.262 e. The zero-order valence-electron chi connectivity index (χ0n) is 12.0. The van der Waals surface area contributed by atoms with Gasteiger partial charge in [0.25, 0.3) is 5.91 Å². The summed E-state index contributed by atoms with van der Waals surface area (Å²) in [5, 5.41) is 0.527. The maximum absolute atomic E-state index is 12.7. The van der Waals surface area contributed by atoms with E-state index in [4.69, 9.17) is 22.1 Å². The molecule has 0 saturated carbocycles. The summed E-state index contributed by atoms with van der Waals surface area (Å²) in [6, 6.07) is 12.1. The van der Waals surface area contributed by atoms with Crippen molar-refractivity contribution in [3.8, 4) is 5.75 Å². The minimum atomic E-state index is -0.143. The number of benzene rings is 2. The van der Waals surface area contributed by atoms with Crippen molar-refractivity contribution in [3.63, 3.8) is 0 Å². The van der Waals surface area contributed by atoms with Gasteiger partial charge in [-0.25, -0.2) is 0 Å². The largest absolute Gasteiger partial charge is 0.496 e. The van der Waals surface area contributed by atoms with Gasteiger partial charge in [-0.05, 0) is 49.4 Å². The third-order valence-electron chi connectivity index (χ3n) is 3.16. The maximum atomic E-state index is 12.7. The number of nitrogen functional groups attached to an aromatic ring is 1. The van der Waals surface area contributed by atoms with Crippen LogP contribution in [0.1, 0.15) is 17.3 Å². The summed E-state index contributed by atoms with van der Waals surface area (Å²) >= 11 is 5.93. The number of nitrogens with two attached hydrogens (primary N) is 1. The Morgan fingerprint density at radius 2 is 1.90 bits per heavy atom. The average molecular weight is 305 g/mol. The second-order valence-electron chi connectivity index (χ2n) is 4.49. The molecule has 0 unspecified atom stereocenters. The first kappa shape index (κ1) is 15.2. The topological polar surface area (TPSA) is 55.6 Å². The predicted molar refractivity (Wildman–Crippen MR) is 86.2 cm³/mol. The van der Waals surface area contributed by atoms with Crippen molar-refractivity contribution in [1.82, 2.24) is 0 Å². The molecule has 0 spiro atoms. The highest BCUT2D eigenvalue weighted by atomic mass is 35.5. The zero-order valence-corrected chi connectivity index (χ0v) is 12.7. The minimum absolute atomic E-state index is 0.143. The van der Waals surface area contributed by atoms with Crippen molar-refractivity contribution in [2.75, 3.05) is 24.3 Å². The fourth-order valence-electron chi connectivity index (χ4n) is 2.08. The number of rotatable bonds is 4. The lowest BCUT2D eigenvalue weighted by molar-refractivity contribution is 0.0985. The highest BCUT2D eigenvalue weighted by molar-refractivity contribution is 6.31. The van der Waals surface area contributed by atoms with Gasteiger partial charge in [-0.15, -0.1) is 0 Å². The average Bonchev–Trinajstić information content (AvgIpc) is 2.49. The monoisotopic (exact) mass is 304 g/mol. The van der Waals surface area contributed by atoms with Gasteiger partial charge in [-0.1, -0.05) is 11.6 Å². The summed E-state index contributed by atoms with van der Waals surface area (Å²) in [7, 11) is 1.52. The van der Waals surface area contributed by atoms with Crippen LogP contribution in [-0.4, -0.2) is 19.6 Å². The number of nitrogens with zero attached hydrogens (tertiary/aromatic N) is 1. The van der Waals surface area contributed by atoms with Crippen LogP contribution in [0.5, 0.6) is 5.75 Å². The number of methoxy groups -OCH3 is 1. The Labute approximate surface area is 129 Å². The number of carbonyl (C=O) groups is 1. The highest BCUT2D eigenvalue weighted by Gasteiger charge is 2.20. The highest BCUT2D eigenvalue weighted by Crippen LogP contribution is 2.26. The Hall–Kier alpha value is -2.20. The van der Waals surface area contributed by atoms with Gasteiger partial charge in [-0.3, -0.25) is 4.79 Å². The number of hydrogen-bond acceptors (Lipinski definition) is 3. The van der Waals surface area contributed by atoms with E-state index in [0.29, 0.717) is 28.6 Å². The Kier molecular flexibility index (Phi) is 4.70. The third kappa shape index (κ3) is 3.28. The quantitative estimate of drug-likeness (QED) is 0.878. The van der Waals surface area contributed by atoms with Crippen LogP contribution in [0.4, 0.5) is 11.4 Å². The second-order valence-corrected chi connectivity index (χ2v) is 4.92.